The summed E-state index contributed by atoms with van der Waals surface area (Å²) >= 11 is 0. The summed E-state index contributed by atoms with van der Waals surface area (Å²) in [6.07, 6.45) is 20.0. The van der Waals surface area contributed by atoms with E-state index in [0.717, 1.165) is 6.42 Å². The molecule has 0 amide bonds. The van der Waals surface area contributed by atoms with Crippen LogP contribution in [0.5, 0.6) is 0 Å². The van der Waals surface area contributed by atoms with Crippen LogP contribution in [0.2, 0.25) is 0 Å². The number of allylic oxidation sites excluding steroid dienone is 8. The molecule has 0 heterocycles. The first-order chi connectivity index (χ1) is 6.43. The molecule has 0 nitrogen and oxygen atoms in total. The summed E-state index contributed by atoms with van der Waals surface area (Å²) in [6, 6.07) is 0. The molecule has 0 aliphatic heterocycles. The summed E-state index contributed by atoms with van der Waals surface area (Å²) in [5, 5.41) is 0. The molecule has 70 valence electrons. The highest BCUT2D eigenvalue weighted by Gasteiger charge is 1.90. The molecule has 0 N–H and O–H groups in total. The van der Waals surface area contributed by atoms with Gasteiger partial charge >= 0.3 is 0 Å². The lowest BCUT2D eigenvalue weighted by Crippen LogP contribution is -1.68. The standard InChI is InChI=1S/C13H18/c1-2-3-4-5-6-7-10-13-11-8-9-12-13/h5-11H,2-4,12H2,1H3. The zero-order valence-electron chi connectivity index (χ0n) is 8.37. The second-order valence-electron chi connectivity index (χ2n) is 3.30. The maximum atomic E-state index is 2.24. The zero-order valence-corrected chi connectivity index (χ0v) is 8.37. The first-order valence-electron chi connectivity index (χ1n) is 5.12. The van der Waals surface area contributed by atoms with Gasteiger partial charge in [0, 0.05) is 0 Å². The predicted molar refractivity (Wildman–Crippen MR) is 59.6 cm³/mol. The molecule has 1 rings (SSSR count). The van der Waals surface area contributed by atoms with Gasteiger partial charge in [-0.1, -0.05) is 62.3 Å². The fourth-order valence-corrected chi connectivity index (χ4v) is 1.26. The quantitative estimate of drug-likeness (QED) is 0.433. The number of rotatable bonds is 5. The average molecular weight is 174 g/mol. The molecule has 1 aliphatic carbocycles. The largest absolute Gasteiger partial charge is 0.0845 e. The summed E-state index contributed by atoms with van der Waals surface area (Å²) in [4.78, 5) is 0. The molecule has 0 aromatic carbocycles. The van der Waals surface area contributed by atoms with Crippen molar-refractivity contribution in [3.63, 3.8) is 0 Å². The van der Waals surface area contributed by atoms with Crippen LogP contribution < -0.4 is 0 Å². The number of unbranched alkanes of at least 4 members (excludes halogenated alkanes) is 2. The van der Waals surface area contributed by atoms with E-state index in [0.29, 0.717) is 0 Å². The molecule has 0 saturated heterocycles. The van der Waals surface area contributed by atoms with E-state index in [1.54, 1.807) is 0 Å². The normalized spacial score (nSPS) is 16.2. The Morgan fingerprint density at radius 2 is 2.31 bits per heavy atom. The Kier molecular flexibility index (Phi) is 5.00. The van der Waals surface area contributed by atoms with Gasteiger partial charge in [0.25, 0.3) is 0 Å². The SMILES string of the molecule is CCCCC=CC=CC1=CC=CC1. The molecule has 1 aliphatic rings. The predicted octanol–water partition coefficient (Wildman–Crippen LogP) is 4.18. The molecular formula is C13H18. The summed E-state index contributed by atoms with van der Waals surface area (Å²) in [5.41, 5.74) is 1.40. The Morgan fingerprint density at radius 1 is 1.38 bits per heavy atom. The molecule has 0 fully saturated rings. The van der Waals surface area contributed by atoms with E-state index in [1.807, 2.05) is 0 Å². The van der Waals surface area contributed by atoms with Crippen LogP contribution >= 0.6 is 0 Å². The van der Waals surface area contributed by atoms with Crippen molar-refractivity contribution >= 4 is 0 Å². The third kappa shape index (κ3) is 4.51. The Hall–Kier alpha value is -1.04. The third-order valence-electron chi connectivity index (χ3n) is 2.08. The van der Waals surface area contributed by atoms with E-state index in [2.05, 4.69) is 49.5 Å². The van der Waals surface area contributed by atoms with Crippen molar-refractivity contribution in [2.45, 2.75) is 32.6 Å². The van der Waals surface area contributed by atoms with Gasteiger partial charge in [-0.2, -0.15) is 0 Å². The van der Waals surface area contributed by atoms with Crippen molar-refractivity contribution in [3.05, 3.63) is 48.1 Å². The molecule has 0 aromatic heterocycles. The van der Waals surface area contributed by atoms with Crippen molar-refractivity contribution in [1.29, 1.82) is 0 Å². The van der Waals surface area contributed by atoms with Crippen LogP contribution in [0.1, 0.15) is 32.6 Å². The Labute approximate surface area is 81.4 Å². The van der Waals surface area contributed by atoms with Gasteiger partial charge in [0.1, 0.15) is 0 Å². The molecule has 0 aromatic rings. The van der Waals surface area contributed by atoms with Crippen LogP contribution in [0.25, 0.3) is 0 Å². The van der Waals surface area contributed by atoms with Crippen LogP contribution in [0.3, 0.4) is 0 Å². The van der Waals surface area contributed by atoms with E-state index in [-0.39, 0.29) is 0 Å². The molecular weight excluding hydrogens is 156 g/mol. The Balaban J connectivity index is 2.14. The molecule has 0 heteroatoms. The lowest BCUT2D eigenvalue weighted by atomic mass is 10.2. The van der Waals surface area contributed by atoms with Crippen LogP contribution in [0.15, 0.2) is 48.1 Å². The summed E-state index contributed by atoms with van der Waals surface area (Å²) < 4.78 is 0. The molecule has 0 spiro atoms. The smallest absolute Gasteiger partial charge is 0.00943 e. The van der Waals surface area contributed by atoms with Crippen molar-refractivity contribution in [2.24, 2.45) is 0 Å². The highest BCUT2D eigenvalue weighted by Crippen LogP contribution is 2.11. The van der Waals surface area contributed by atoms with E-state index in [4.69, 9.17) is 0 Å². The maximum Gasteiger partial charge on any atom is -0.00943 e. The highest BCUT2D eigenvalue weighted by molar-refractivity contribution is 5.32. The second-order valence-corrected chi connectivity index (χ2v) is 3.30. The topological polar surface area (TPSA) is 0 Å². The fraction of sp³-hybridized carbons (Fsp3) is 0.385. The first kappa shape index (κ1) is 10.0. The van der Waals surface area contributed by atoms with E-state index >= 15 is 0 Å². The van der Waals surface area contributed by atoms with Crippen LogP contribution in [-0.4, -0.2) is 0 Å². The van der Waals surface area contributed by atoms with Crippen molar-refractivity contribution in [1.82, 2.24) is 0 Å². The highest BCUT2D eigenvalue weighted by atomic mass is 14.0. The van der Waals surface area contributed by atoms with Crippen LogP contribution in [-0.2, 0) is 0 Å². The van der Waals surface area contributed by atoms with Gasteiger partial charge in [-0.05, 0) is 18.4 Å². The minimum Gasteiger partial charge on any atom is -0.0845 e. The minimum absolute atomic E-state index is 1.10. The van der Waals surface area contributed by atoms with Gasteiger partial charge in [-0.15, -0.1) is 0 Å². The molecule has 0 saturated carbocycles. The summed E-state index contributed by atoms with van der Waals surface area (Å²) in [7, 11) is 0. The van der Waals surface area contributed by atoms with Gasteiger partial charge in [0.05, 0.1) is 0 Å². The van der Waals surface area contributed by atoms with Gasteiger partial charge in [0.15, 0.2) is 0 Å². The van der Waals surface area contributed by atoms with Crippen molar-refractivity contribution in [3.8, 4) is 0 Å². The monoisotopic (exact) mass is 174 g/mol. The van der Waals surface area contributed by atoms with Crippen LogP contribution in [0, 0.1) is 0 Å². The number of hydrogen-bond donors (Lipinski definition) is 0. The molecule has 13 heavy (non-hydrogen) atoms. The van der Waals surface area contributed by atoms with Gasteiger partial charge in [-0.25, -0.2) is 0 Å². The van der Waals surface area contributed by atoms with Crippen molar-refractivity contribution < 1.29 is 0 Å². The molecule has 0 radical (unpaired) electrons. The first-order valence-corrected chi connectivity index (χ1v) is 5.12. The molecule has 0 atom stereocenters. The number of hydrogen-bond acceptors (Lipinski definition) is 0. The van der Waals surface area contributed by atoms with Gasteiger partial charge in [0.2, 0.25) is 0 Å². The fourth-order valence-electron chi connectivity index (χ4n) is 1.26. The van der Waals surface area contributed by atoms with Gasteiger partial charge in [-0.3, -0.25) is 0 Å². The van der Waals surface area contributed by atoms with Gasteiger partial charge < -0.3 is 0 Å². The molecule has 0 bridgehead atoms. The lowest BCUT2D eigenvalue weighted by molar-refractivity contribution is 0.815. The minimum atomic E-state index is 1.10. The third-order valence-corrected chi connectivity index (χ3v) is 2.08. The second kappa shape index (κ2) is 6.47. The molecule has 0 unspecified atom stereocenters. The van der Waals surface area contributed by atoms with E-state index < -0.39 is 0 Å². The van der Waals surface area contributed by atoms with Crippen LogP contribution in [0.4, 0.5) is 0 Å². The summed E-state index contributed by atoms with van der Waals surface area (Å²) in [5.74, 6) is 0. The summed E-state index contributed by atoms with van der Waals surface area (Å²) in [6.45, 7) is 2.22. The average Bonchev–Trinajstić information content (AvgIpc) is 2.63. The maximum absolute atomic E-state index is 2.24. The van der Waals surface area contributed by atoms with E-state index in [1.165, 1.54) is 24.8 Å². The zero-order chi connectivity index (χ0) is 9.36. The lowest BCUT2D eigenvalue weighted by Gasteiger charge is -1.88. The Morgan fingerprint density at radius 3 is 3.00 bits per heavy atom. The Bertz CT molecular complexity index is 239. The van der Waals surface area contributed by atoms with Crippen molar-refractivity contribution in [2.75, 3.05) is 0 Å². The van der Waals surface area contributed by atoms with E-state index in [9.17, 15) is 0 Å².